The van der Waals surface area contributed by atoms with Crippen molar-refractivity contribution in [2.24, 2.45) is 0 Å². The number of hydrogen-bond acceptors (Lipinski definition) is 2. The molecule has 1 aromatic heterocycles. The van der Waals surface area contributed by atoms with Gasteiger partial charge in [0.25, 0.3) is 0 Å². The van der Waals surface area contributed by atoms with Crippen molar-refractivity contribution in [1.82, 2.24) is 10.3 Å². The van der Waals surface area contributed by atoms with Crippen molar-refractivity contribution in [2.75, 3.05) is 6.54 Å². The lowest BCUT2D eigenvalue weighted by atomic mass is 10.1. The third-order valence-corrected chi connectivity index (χ3v) is 3.07. The quantitative estimate of drug-likeness (QED) is 0.762. The second kappa shape index (κ2) is 3.63. The van der Waals surface area contributed by atoms with E-state index in [1.54, 1.807) is 0 Å². The van der Waals surface area contributed by atoms with Crippen LogP contribution < -0.4 is 5.32 Å². The Morgan fingerprint density at radius 1 is 1.27 bits per heavy atom. The SMILES string of the molecule is c1ccc2ncc(C3CCCN3)cc2c1. The summed E-state index contributed by atoms with van der Waals surface area (Å²) in [4.78, 5) is 4.49. The molecule has 1 N–H and O–H groups in total. The van der Waals surface area contributed by atoms with Crippen molar-refractivity contribution in [3.63, 3.8) is 0 Å². The van der Waals surface area contributed by atoms with E-state index in [0.717, 1.165) is 12.1 Å². The van der Waals surface area contributed by atoms with E-state index in [-0.39, 0.29) is 0 Å². The topological polar surface area (TPSA) is 24.9 Å². The summed E-state index contributed by atoms with van der Waals surface area (Å²) in [6, 6.07) is 11.0. The van der Waals surface area contributed by atoms with Crippen molar-refractivity contribution < 1.29 is 0 Å². The van der Waals surface area contributed by atoms with Crippen LogP contribution in [0.3, 0.4) is 0 Å². The molecular weight excluding hydrogens is 184 g/mol. The first-order valence-corrected chi connectivity index (χ1v) is 5.51. The van der Waals surface area contributed by atoms with Crippen LogP contribution in [-0.4, -0.2) is 11.5 Å². The van der Waals surface area contributed by atoms with Crippen molar-refractivity contribution in [1.29, 1.82) is 0 Å². The Labute approximate surface area is 89.3 Å². The molecule has 76 valence electrons. The van der Waals surface area contributed by atoms with Crippen molar-refractivity contribution in [3.8, 4) is 0 Å². The van der Waals surface area contributed by atoms with Crippen LogP contribution in [0.2, 0.25) is 0 Å². The minimum Gasteiger partial charge on any atom is -0.310 e. The van der Waals surface area contributed by atoms with E-state index in [9.17, 15) is 0 Å². The number of hydrogen-bond donors (Lipinski definition) is 1. The highest BCUT2D eigenvalue weighted by Crippen LogP contribution is 2.24. The Bertz CT molecular complexity index is 473. The van der Waals surface area contributed by atoms with E-state index in [4.69, 9.17) is 0 Å². The van der Waals surface area contributed by atoms with Gasteiger partial charge in [-0.15, -0.1) is 0 Å². The predicted octanol–water partition coefficient (Wildman–Crippen LogP) is 2.66. The van der Waals surface area contributed by atoms with Crippen LogP contribution in [0.15, 0.2) is 36.5 Å². The molecule has 3 rings (SSSR count). The maximum atomic E-state index is 4.49. The largest absolute Gasteiger partial charge is 0.310 e. The number of fused-ring (bicyclic) bond motifs is 1. The van der Waals surface area contributed by atoms with E-state index >= 15 is 0 Å². The summed E-state index contributed by atoms with van der Waals surface area (Å²) in [6.07, 6.45) is 4.52. The second-order valence-electron chi connectivity index (χ2n) is 4.11. The lowest BCUT2D eigenvalue weighted by molar-refractivity contribution is 0.646. The number of nitrogens with zero attached hydrogens (tertiary/aromatic N) is 1. The van der Waals surface area contributed by atoms with Gasteiger partial charge in [0.1, 0.15) is 0 Å². The third kappa shape index (κ3) is 1.61. The Morgan fingerprint density at radius 3 is 3.07 bits per heavy atom. The molecule has 2 heterocycles. The molecule has 15 heavy (non-hydrogen) atoms. The fraction of sp³-hybridized carbons (Fsp3) is 0.308. The van der Waals surface area contributed by atoms with Gasteiger partial charge in [0.05, 0.1) is 5.52 Å². The minimum atomic E-state index is 0.516. The molecule has 0 saturated carbocycles. The highest BCUT2D eigenvalue weighted by Gasteiger charge is 2.16. The highest BCUT2D eigenvalue weighted by molar-refractivity contribution is 5.78. The zero-order valence-electron chi connectivity index (χ0n) is 8.61. The summed E-state index contributed by atoms with van der Waals surface area (Å²) >= 11 is 0. The van der Waals surface area contributed by atoms with E-state index in [0.29, 0.717) is 6.04 Å². The highest BCUT2D eigenvalue weighted by atomic mass is 14.9. The van der Waals surface area contributed by atoms with Crippen LogP contribution >= 0.6 is 0 Å². The number of pyridine rings is 1. The molecule has 0 radical (unpaired) electrons. The van der Waals surface area contributed by atoms with Gasteiger partial charge in [-0.05, 0) is 37.1 Å². The normalized spacial score (nSPS) is 20.9. The monoisotopic (exact) mass is 198 g/mol. The Balaban J connectivity index is 2.05. The molecule has 2 heteroatoms. The molecule has 0 amide bonds. The fourth-order valence-corrected chi connectivity index (χ4v) is 2.25. The first-order valence-electron chi connectivity index (χ1n) is 5.51. The van der Waals surface area contributed by atoms with Gasteiger partial charge in [-0.25, -0.2) is 0 Å². The molecule has 2 aromatic rings. The van der Waals surface area contributed by atoms with Gasteiger partial charge >= 0.3 is 0 Å². The molecule has 1 saturated heterocycles. The van der Waals surface area contributed by atoms with E-state index in [1.807, 2.05) is 12.3 Å². The van der Waals surface area contributed by atoms with Gasteiger partial charge in [-0.3, -0.25) is 4.98 Å². The first-order chi connectivity index (χ1) is 7.43. The van der Waals surface area contributed by atoms with Crippen molar-refractivity contribution in [2.45, 2.75) is 18.9 Å². The van der Waals surface area contributed by atoms with Crippen LogP contribution in [0.4, 0.5) is 0 Å². The number of benzene rings is 1. The first kappa shape index (κ1) is 8.86. The number of para-hydroxylation sites is 1. The zero-order chi connectivity index (χ0) is 10.1. The molecule has 1 unspecified atom stereocenters. The molecule has 0 aliphatic carbocycles. The summed E-state index contributed by atoms with van der Waals surface area (Å²) in [6.45, 7) is 1.14. The van der Waals surface area contributed by atoms with Crippen LogP contribution in [0.1, 0.15) is 24.4 Å². The average Bonchev–Trinajstić information content (AvgIpc) is 2.82. The van der Waals surface area contributed by atoms with Gasteiger partial charge < -0.3 is 5.32 Å². The Morgan fingerprint density at radius 2 is 2.20 bits per heavy atom. The van der Waals surface area contributed by atoms with Gasteiger partial charge in [-0.1, -0.05) is 18.2 Å². The summed E-state index contributed by atoms with van der Waals surface area (Å²) in [7, 11) is 0. The van der Waals surface area contributed by atoms with E-state index in [2.05, 4.69) is 34.6 Å². The number of aromatic nitrogens is 1. The maximum absolute atomic E-state index is 4.49. The molecule has 1 atom stereocenters. The van der Waals surface area contributed by atoms with Crippen LogP contribution in [0.5, 0.6) is 0 Å². The van der Waals surface area contributed by atoms with E-state index < -0.39 is 0 Å². The van der Waals surface area contributed by atoms with Crippen molar-refractivity contribution >= 4 is 10.9 Å². The third-order valence-electron chi connectivity index (χ3n) is 3.07. The predicted molar refractivity (Wildman–Crippen MR) is 61.7 cm³/mol. The van der Waals surface area contributed by atoms with Gasteiger partial charge in [0, 0.05) is 17.6 Å². The second-order valence-corrected chi connectivity index (χ2v) is 4.11. The number of rotatable bonds is 1. The molecule has 0 bridgehead atoms. The van der Waals surface area contributed by atoms with E-state index in [1.165, 1.54) is 23.8 Å². The van der Waals surface area contributed by atoms with Crippen LogP contribution in [0.25, 0.3) is 10.9 Å². The summed E-state index contributed by atoms with van der Waals surface area (Å²) in [5.74, 6) is 0. The molecule has 0 spiro atoms. The summed E-state index contributed by atoms with van der Waals surface area (Å²) < 4.78 is 0. The zero-order valence-corrected chi connectivity index (χ0v) is 8.61. The standard InChI is InChI=1S/C13H14N2/c1-2-5-12-10(4-1)8-11(9-15-12)13-6-3-7-14-13/h1-2,4-5,8-9,13-14H,3,6-7H2. The molecule has 1 fully saturated rings. The van der Waals surface area contributed by atoms with Crippen LogP contribution in [0, 0.1) is 0 Å². The Hall–Kier alpha value is -1.41. The summed E-state index contributed by atoms with van der Waals surface area (Å²) in [5.41, 5.74) is 2.41. The molecule has 2 nitrogen and oxygen atoms in total. The maximum Gasteiger partial charge on any atom is 0.0702 e. The summed E-state index contributed by atoms with van der Waals surface area (Å²) in [5, 5.41) is 4.74. The smallest absolute Gasteiger partial charge is 0.0702 e. The molecule has 1 aromatic carbocycles. The number of nitrogens with one attached hydrogen (secondary N) is 1. The lowest BCUT2D eigenvalue weighted by Crippen LogP contribution is -2.12. The molecular formula is C13H14N2. The van der Waals surface area contributed by atoms with Gasteiger partial charge in [0.15, 0.2) is 0 Å². The fourth-order valence-electron chi connectivity index (χ4n) is 2.25. The molecule has 1 aliphatic rings. The molecule has 1 aliphatic heterocycles. The van der Waals surface area contributed by atoms with Gasteiger partial charge in [0.2, 0.25) is 0 Å². The Kier molecular flexibility index (Phi) is 2.14. The van der Waals surface area contributed by atoms with Gasteiger partial charge in [-0.2, -0.15) is 0 Å². The lowest BCUT2D eigenvalue weighted by Gasteiger charge is -2.10. The average molecular weight is 198 g/mol. The minimum absolute atomic E-state index is 0.516. The van der Waals surface area contributed by atoms with Crippen LogP contribution in [-0.2, 0) is 0 Å². The van der Waals surface area contributed by atoms with Crippen molar-refractivity contribution in [3.05, 3.63) is 42.1 Å².